The zero-order valence-electron chi connectivity index (χ0n) is 16.8. The maximum absolute atomic E-state index is 15.0. The molecule has 0 aliphatic carbocycles. The number of hydrogen-bond acceptors (Lipinski definition) is 4. The van der Waals surface area contributed by atoms with Crippen LogP contribution in [0.25, 0.3) is 11.3 Å². The zero-order chi connectivity index (χ0) is 20.5. The first kappa shape index (κ1) is 17.5. The van der Waals surface area contributed by atoms with E-state index < -0.39 is 7.14 Å². The monoisotopic (exact) mass is 409 g/mol. The van der Waals surface area contributed by atoms with Gasteiger partial charge in [0.05, 0.1) is 33.7 Å². The number of pyridine rings is 1. The van der Waals surface area contributed by atoms with Gasteiger partial charge in [-0.05, 0) is 48.5 Å². The molecule has 0 N–H and O–H groups in total. The second kappa shape index (κ2) is 6.07. The largest absolute Gasteiger partial charge is 0.343 e. The molecule has 0 radical (unpaired) electrons. The van der Waals surface area contributed by atoms with Crippen molar-refractivity contribution in [1.29, 1.82) is 0 Å². The number of benzene rings is 3. The summed E-state index contributed by atoms with van der Waals surface area (Å²) in [6.45, 7) is 0. The van der Waals surface area contributed by atoms with Crippen LogP contribution in [-0.2, 0) is 4.57 Å². The Morgan fingerprint density at radius 3 is 1.77 bits per heavy atom. The zero-order valence-corrected chi connectivity index (χ0v) is 17.7. The maximum Gasteiger partial charge on any atom is 0.179 e. The van der Waals surface area contributed by atoms with Crippen molar-refractivity contribution >= 4 is 45.8 Å². The highest BCUT2D eigenvalue weighted by molar-refractivity contribution is 7.86. The lowest BCUT2D eigenvalue weighted by Gasteiger charge is -2.43. The molecule has 0 unspecified atom stereocenters. The smallest absolute Gasteiger partial charge is 0.179 e. The molecule has 6 rings (SSSR count). The molecule has 1 aromatic heterocycles. The van der Waals surface area contributed by atoms with Crippen LogP contribution in [0.3, 0.4) is 0 Å². The average molecular weight is 409 g/mol. The standard InChI is InChI=1S/C25H20N3OP/c1-27-19-10-3-5-12-23(19)30(29)24-13-6-4-11-20(24)28(2)22-16-17(15-21(27)25(22)30)18-9-7-8-14-26-18/h3-16H,1-2H3. The third kappa shape index (κ3) is 2.12. The molecule has 0 bridgehead atoms. The Kier molecular flexibility index (Phi) is 3.54. The minimum Gasteiger partial charge on any atom is -0.343 e. The van der Waals surface area contributed by atoms with Crippen LogP contribution in [0.5, 0.6) is 0 Å². The Balaban J connectivity index is 1.76. The van der Waals surface area contributed by atoms with E-state index in [1.54, 1.807) is 0 Å². The van der Waals surface area contributed by atoms with E-state index in [1.807, 2.05) is 60.8 Å². The van der Waals surface area contributed by atoms with Crippen LogP contribution in [-0.4, -0.2) is 19.1 Å². The van der Waals surface area contributed by atoms with Gasteiger partial charge in [-0.1, -0.05) is 30.3 Å². The van der Waals surface area contributed by atoms with Gasteiger partial charge in [0, 0.05) is 36.5 Å². The highest BCUT2D eigenvalue weighted by Crippen LogP contribution is 2.58. The third-order valence-corrected chi connectivity index (χ3v) is 9.43. The van der Waals surface area contributed by atoms with Gasteiger partial charge in [0.2, 0.25) is 0 Å². The van der Waals surface area contributed by atoms with Crippen LogP contribution >= 0.6 is 7.14 Å². The second-order valence-corrected chi connectivity index (χ2v) is 10.4. The molecule has 0 saturated carbocycles. The Bertz CT molecular complexity index is 1290. The quantitative estimate of drug-likeness (QED) is 0.432. The summed E-state index contributed by atoms with van der Waals surface area (Å²) in [6, 6.07) is 26.4. The van der Waals surface area contributed by atoms with E-state index in [-0.39, 0.29) is 0 Å². The van der Waals surface area contributed by atoms with Crippen molar-refractivity contribution in [3.63, 3.8) is 0 Å². The van der Waals surface area contributed by atoms with Crippen LogP contribution < -0.4 is 25.7 Å². The van der Waals surface area contributed by atoms with Crippen molar-refractivity contribution in [2.75, 3.05) is 23.9 Å². The molecule has 3 heterocycles. The second-order valence-electron chi connectivity index (χ2n) is 7.78. The van der Waals surface area contributed by atoms with Crippen LogP contribution in [0.4, 0.5) is 22.7 Å². The van der Waals surface area contributed by atoms with Crippen molar-refractivity contribution in [2.45, 2.75) is 0 Å². The lowest BCUT2D eigenvalue weighted by molar-refractivity contribution is 0.592. The molecule has 146 valence electrons. The highest BCUT2D eigenvalue weighted by atomic mass is 31.2. The summed E-state index contributed by atoms with van der Waals surface area (Å²) in [5, 5.41) is 2.74. The number of rotatable bonds is 1. The molecule has 0 amide bonds. The Morgan fingerprint density at radius 1 is 0.700 bits per heavy atom. The minimum atomic E-state index is -3.00. The number of anilines is 4. The SMILES string of the molecule is CN1c2ccccc2P2(=O)c3ccccc3N(C)c3cc(-c4ccccn4)cc1c32. The molecule has 30 heavy (non-hydrogen) atoms. The van der Waals surface area contributed by atoms with E-state index >= 15 is 4.57 Å². The molecule has 4 aromatic rings. The van der Waals surface area contributed by atoms with E-state index in [2.05, 4.69) is 53.1 Å². The van der Waals surface area contributed by atoms with E-state index in [0.717, 1.165) is 49.9 Å². The van der Waals surface area contributed by atoms with Crippen molar-refractivity contribution in [3.8, 4) is 11.3 Å². The van der Waals surface area contributed by atoms with E-state index in [0.29, 0.717) is 0 Å². The molecular formula is C25H20N3OP. The molecule has 2 aliphatic heterocycles. The first-order valence-electron chi connectivity index (χ1n) is 9.97. The van der Waals surface area contributed by atoms with Gasteiger partial charge in [-0.25, -0.2) is 0 Å². The molecular weight excluding hydrogens is 389 g/mol. The minimum absolute atomic E-state index is 0.908. The van der Waals surface area contributed by atoms with Crippen molar-refractivity contribution in [2.24, 2.45) is 0 Å². The van der Waals surface area contributed by atoms with Gasteiger partial charge in [-0.15, -0.1) is 0 Å². The molecule has 5 heteroatoms. The molecule has 0 spiro atoms. The first-order chi connectivity index (χ1) is 14.6. The normalized spacial score (nSPS) is 15.3. The van der Waals surface area contributed by atoms with E-state index in [4.69, 9.17) is 0 Å². The lowest BCUT2D eigenvalue weighted by atomic mass is 10.1. The fraction of sp³-hybridized carbons (Fsp3) is 0.0800. The molecule has 4 nitrogen and oxygen atoms in total. The van der Waals surface area contributed by atoms with Crippen LogP contribution in [0.2, 0.25) is 0 Å². The number of fused-ring (bicyclic) bond motifs is 4. The Hall–Kier alpha value is -3.36. The summed E-state index contributed by atoms with van der Waals surface area (Å²) in [5.74, 6) is 0. The molecule has 3 aromatic carbocycles. The average Bonchev–Trinajstić information content (AvgIpc) is 2.81. The Labute approximate surface area is 175 Å². The predicted molar refractivity (Wildman–Crippen MR) is 125 cm³/mol. The van der Waals surface area contributed by atoms with Crippen molar-refractivity contribution in [3.05, 3.63) is 85.1 Å². The first-order valence-corrected chi connectivity index (χ1v) is 11.7. The van der Waals surface area contributed by atoms with Crippen LogP contribution in [0.1, 0.15) is 0 Å². The van der Waals surface area contributed by atoms with Crippen molar-refractivity contribution in [1.82, 2.24) is 4.98 Å². The fourth-order valence-electron chi connectivity index (χ4n) is 4.78. The Morgan fingerprint density at radius 2 is 1.23 bits per heavy atom. The van der Waals surface area contributed by atoms with Gasteiger partial charge in [-0.3, -0.25) is 4.98 Å². The fourth-order valence-corrected chi connectivity index (χ4v) is 8.28. The highest BCUT2D eigenvalue weighted by Gasteiger charge is 2.46. The number of aromatic nitrogens is 1. The lowest BCUT2D eigenvalue weighted by Crippen LogP contribution is -2.43. The number of nitrogens with zero attached hydrogens (tertiary/aromatic N) is 3. The molecule has 2 aliphatic rings. The van der Waals surface area contributed by atoms with Gasteiger partial charge in [-0.2, -0.15) is 0 Å². The summed E-state index contributed by atoms with van der Waals surface area (Å²) in [6.07, 6.45) is 1.81. The summed E-state index contributed by atoms with van der Waals surface area (Å²) < 4.78 is 15.0. The van der Waals surface area contributed by atoms with Gasteiger partial charge in [0.1, 0.15) is 0 Å². The van der Waals surface area contributed by atoms with Crippen molar-refractivity contribution < 1.29 is 4.57 Å². The van der Waals surface area contributed by atoms with Gasteiger partial charge >= 0.3 is 0 Å². The maximum atomic E-state index is 15.0. The summed E-state index contributed by atoms with van der Waals surface area (Å²) in [5.41, 5.74) is 5.89. The van der Waals surface area contributed by atoms with Gasteiger partial charge in [0.25, 0.3) is 0 Å². The summed E-state index contributed by atoms with van der Waals surface area (Å²) in [7, 11) is 1.11. The van der Waals surface area contributed by atoms with E-state index in [1.165, 1.54) is 0 Å². The predicted octanol–water partition coefficient (Wildman–Crippen LogP) is 4.55. The van der Waals surface area contributed by atoms with Gasteiger partial charge in [0.15, 0.2) is 7.14 Å². The van der Waals surface area contributed by atoms with E-state index in [9.17, 15) is 0 Å². The molecule has 0 saturated heterocycles. The van der Waals surface area contributed by atoms with Crippen LogP contribution in [0.15, 0.2) is 85.1 Å². The molecule has 0 fully saturated rings. The summed E-state index contributed by atoms with van der Waals surface area (Å²) in [4.78, 5) is 8.89. The molecule has 0 atom stereocenters. The summed E-state index contributed by atoms with van der Waals surface area (Å²) >= 11 is 0. The number of para-hydroxylation sites is 2. The number of hydrogen-bond donors (Lipinski definition) is 0. The topological polar surface area (TPSA) is 36.4 Å². The van der Waals surface area contributed by atoms with Gasteiger partial charge < -0.3 is 14.4 Å². The third-order valence-electron chi connectivity index (χ3n) is 6.23. The van der Waals surface area contributed by atoms with Crippen LogP contribution in [0, 0.1) is 0 Å².